The minimum Gasteiger partial charge on any atom is -0.452 e. The van der Waals surface area contributed by atoms with Gasteiger partial charge in [0.05, 0.1) is 5.56 Å². The SMILES string of the molecule is CCN(CC)Cc1ccc(CCn2cccc(Oc3ccc(C(F)(F)F)cc3)c2=O)cc1. The number of nitrogens with zero attached hydrogens (tertiary/aromatic N) is 2. The minimum atomic E-state index is -4.42. The van der Waals surface area contributed by atoms with Crippen molar-refractivity contribution in [2.24, 2.45) is 0 Å². The Morgan fingerprint density at radius 3 is 2.12 bits per heavy atom. The van der Waals surface area contributed by atoms with E-state index in [1.54, 1.807) is 16.8 Å². The molecule has 0 N–H and O–H groups in total. The smallest absolute Gasteiger partial charge is 0.416 e. The summed E-state index contributed by atoms with van der Waals surface area (Å²) in [7, 11) is 0. The number of rotatable bonds is 9. The van der Waals surface area contributed by atoms with Gasteiger partial charge in [0.25, 0.3) is 5.56 Å². The topological polar surface area (TPSA) is 34.5 Å². The maximum Gasteiger partial charge on any atom is 0.416 e. The highest BCUT2D eigenvalue weighted by Gasteiger charge is 2.30. The normalized spacial score (nSPS) is 11.7. The third kappa shape index (κ3) is 6.23. The van der Waals surface area contributed by atoms with Gasteiger partial charge in [0.15, 0.2) is 5.75 Å². The number of benzene rings is 2. The van der Waals surface area contributed by atoms with Crippen molar-refractivity contribution in [3.8, 4) is 11.5 Å². The predicted octanol–water partition coefficient (Wildman–Crippen LogP) is 5.74. The van der Waals surface area contributed by atoms with Gasteiger partial charge in [0.2, 0.25) is 0 Å². The van der Waals surface area contributed by atoms with Crippen molar-refractivity contribution in [2.45, 2.75) is 39.5 Å². The van der Waals surface area contributed by atoms with E-state index in [0.29, 0.717) is 13.0 Å². The van der Waals surface area contributed by atoms with Crippen molar-refractivity contribution < 1.29 is 17.9 Å². The number of hydrogen-bond donors (Lipinski definition) is 0. The number of aromatic nitrogens is 1. The highest BCUT2D eigenvalue weighted by molar-refractivity contribution is 5.33. The van der Waals surface area contributed by atoms with Gasteiger partial charge in [-0.1, -0.05) is 38.1 Å². The van der Waals surface area contributed by atoms with Crippen LogP contribution in [0.25, 0.3) is 0 Å². The molecule has 0 unspecified atom stereocenters. The molecule has 0 spiro atoms. The lowest BCUT2D eigenvalue weighted by molar-refractivity contribution is -0.137. The number of alkyl halides is 3. The first-order valence-electron chi connectivity index (χ1n) is 10.6. The van der Waals surface area contributed by atoms with E-state index in [4.69, 9.17) is 4.74 Å². The molecule has 0 atom stereocenters. The van der Waals surface area contributed by atoms with Crippen molar-refractivity contribution in [1.82, 2.24) is 9.47 Å². The maximum absolute atomic E-state index is 12.7. The first kappa shape index (κ1) is 23.6. The van der Waals surface area contributed by atoms with Crippen LogP contribution in [0.1, 0.15) is 30.5 Å². The molecular weight excluding hydrogens is 417 g/mol. The van der Waals surface area contributed by atoms with Crippen molar-refractivity contribution in [3.05, 3.63) is 93.9 Å². The lowest BCUT2D eigenvalue weighted by Crippen LogP contribution is -2.22. The van der Waals surface area contributed by atoms with Crippen LogP contribution >= 0.6 is 0 Å². The fourth-order valence-corrected chi connectivity index (χ4v) is 3.37. The van der Waals surface area contributed by atoms with Gasteiger partial charge in [-0.2, -0.15) is 13.2 Å². The van der Waals surface area contributed by atoms with Gasteiger partial charge in [0, 0.05) is 19.3 Å². The molecule has 4 nitrogen and oxygen atoms in total. The monoisotopic (exact) mass is 444 g/mol. The van der Waals surface area contributed by atoms with Gasteiger partial charge >= 0.3 is 6.18 Å². The second kappa shape index (κ2) is 10.5. The summed E-state index contributed by atoms with van der Waals surface area (Å²) in [5.74, 6) is 0.249. The fourth-order valence-electron chi connectivity index (χ4n) is 3.37. The molecule has 0 fully saturated rings. The Morgan fingerprint density at radius 1 is 0.906 bits per heavy atom. The molecule has 0 aliphatic carbocycles. The quantitative estimate of drug-likeness (QED) is 0.422. The molecule has 0 saturated heterocycles. The molecule has 0 radical (unpaired) electrons. The van der Waals surface area contributed by atoms with E-state index in [-0.39, 0.29) is 17.1 Å². The van der Waals surface area contributed by atoms with Gasteiger partial charge < -0.3 is 9.30 Å². The molecule has 170 valence electrons. The van der Waals surface area contributed by atoms with Gasteiger partial charge in [-0.05, 0) is 67.0 Å². The largest absolute Gasteiger partial charge is 0.452 e. The summed E-state index contributed by atoms with van der Waals surface area (Å²) in [6.45, 7) is 7.68. The molecule has 1 aromatic heterocycles. The lowest BCUT2D eigenvalue weighted by Gasteiger charge is -2.18. The summed E-state index contributed by atoms with van der Waals surface area (Å²) in [4.78, 5) is 15.1. The number of pyridine rings is 1. The Morgan fingerprint density at radius 2 is 1.53 bits per heavy atom. The second-order valence-electron chi connectivity index (χ2n) is 7.52. The van der Waals surface area contributed by atoms with E-state index in [2.05, 4.69) is 43.0 Å². The molecule has 7 heteroatoms. The number of aryl methyl sites for hydroxylation is 2. The highest BCUT2D eigenvalue weighted by Crippen LogP contribution is 2.31. The van der Waals surface area contributed by atoms with Crippen LogP contribution in [0.4, 0.5) is 13.2 Å². The zero-order valence-electron chi connectivity index (χ0n) is 18.2. The molecule has 0 bridgehead atoms. The molecule has 1 heterocycles. The summed E-state index contributed by atoms with van der Waals surface area (Å²) in [5, 5.41) is 0. The van der Waals surface area contributed by atoms with Crippen LogP contribution in [0.2, 0.25) is 0 Å². The second-order valence-corrected chi connectivity index (χ2v) is 7.52. The van der Waals surface area contributed by atoms with Gasteiger partial charge in [-0.15, -0.1) is 0 Å². The van der Waals surface area contributed by atoms with Gasteiger partial charge in [-0.25, -0.2) is 0 Å². The van der Waals surface area contributed by atoms with Crippen LogP contribution in [0.3, 0.4) is 0 Å². The summed E-state index contributed by atoms with van der Waals surface area (Å²) in [5.41, 5.74) is 1.28. The van der Waals surface area contributed by atoms with Crippen molar-refractivity contribution in [3.63, 3.8) is 0 Å². The zero-order chi connectivity index (χ0) is 23.1. The Hall–Kier alpha value is -3.06. The Bertz CT molecular complexity index is 1050. The number of ether oxygens (including phenoxy) is 1. The van der Waals surface area contributed by atoms with Crippen LogP contribution in [-0.4, -0.2) is 22.6 Å². The third-order valence-electron chi connectivity index (χ3n) is 5.36. The number of halogens is 3. The molecule has 0 saturated carbocycles. The molecule has 2 aromatic carbocycles. The molecule has 0 aliphatic heterocycles. The number of hydrogen-bond acceptors (Lipinski definition) is 3. The average Bonchev–Trinajstić information content (AvgIpc) is 2.78. The molecule has 3 aromatic rings. The van der Waals surface area contributed by atoms with Crippen LogP contribution in [0.5, 0.6) is 11.5 Å². The summed E-state index contributed by atoms with van der Waals surface area (Å²) in [6.07, 6.45) is -2.06. The minimum absolute atomic E-state index is 0.0711. The lowest BCUT2D eigenvalue weighted by atomic mass is 10.1. The van der Waals surface area contributed by atoms with Gasteiger partial charge in [0.1, 0.15) is 5.75 Å². The maximum atomic E-state index is 12.7. The summed E-state index contributed by atoms with van der Waals surface area (Å²) < 4.78 is 45.2. The average molecular weight is 444 g/mol. The van der Waals surface area contributed by atoms with Crippen molar-refractivity contribution >= 4 is 0 Å². The zero-order valence-corrected chi connectivity index (χ0v) is 18.2. The molecule has 32 heavy (non-hydrogen) atoms. The summed E-state index contributed by atoms with van der Waals surface area (Å²) in [6, 6.07) is 15.9. The molecule has 0 aliphatic rings. The van der Waals surface area contributed by atoms with Crippen LogP contribution in [0.15, 0.2) is 71.7 Å². The Kier molecular flexibility index (Phi) is 7.75. The first-order chi connectivity index (χ1) is 15.3. The van der Waals surface area contributed by atoms with Crippen LogP contribution < -0.4 is 10.3 Å². The fraction of sp³-hybridized carbons (Fsp3) is 0.320. The highest BCUT2D eigenvalue weighted by atomic mass is 19.4. The summed E-state index contributed by atoms with van der Waals surface area (Å²) >= 11 is 0. The van der Waals surface area contributed by atoms with E-state index < -0.39 is 11.7 Å². The molecule has 3 rings (SSSR count). The van der Waals surface area contributed by atoms with Crippen molar-refractivity contribution in [1.29, 1.82) is 0 Å². The first-order valence-corrected chi connectivity index (χ1v) is 10.6. The molecular formula is C25H27F3N2O2. The Balaban J connectivity index is 1.64. The van der Waals surface area contributed by atoms with E-state index in [1.165, 1.54) is 23.8 Å². The van der Waals surface area contributed by atoms with E-state index in [1.807, 2.05) is 0 Å². The van der Waals surface area contributed by atoms with Crippen molar-refractivity contribution in [2.75, 3.05) is 13.1 Å². The third-order valence-corrected chi connectivity index (χ3v) is 5.36. The molecule has 0 amide bonds. The van der Waals surface area contributed by atoms with E-state index >= 15 is 0 Å². The van der Waals surface area contributed by atoms with E-state index in [0.717, 1.165) is 37.3 Å². The Labute approximate surface area is 185 Å². The standard InChI is InChI=1S/C25H27F3N2O2/c1-3-29(4-2)18-20-9-7-19(8-10-20)15-17-30-16-5-6-23(24(30)31)32-22-13-11-21(12-14-22)25(26,27)28/h5-14,16H,3-4,15,17-18H2,1-2H3. The van der Waals surface area contributed by atoms with Gasteiger partial charge in [-0.3, -0.25) is 9.69 Å². The van der Waals surface area contributed by atoms with Crippen LogP contribution in [0, 0.1) is 0 Å². The van der Waals surface area contributed by atoms with E-state index in [9.17, 15) is 18.0 Å². The predicted molar refractivity (Wildman–Crippen MR) is 119 cm³/mol. The van der Waals surface area contributed by atoms with Crippen LogP contribution in [-0.2, 0) is 25.7 Å².